The highest BCUT2D eigenvalue weighted by molar-refractivity contribution is 7.99. The first kappa shape index (κ1) is 15.1. The van der Waals surface area contributed by atoms with Gasteiger partial charge in [0, 0.05) is 18.0 Å². The number of rotatable bonds is 6. The zero-order valence-corrected chi connectivity index (χ0v) is 13.2. The van der Waals surface area contributed by atoms with E-state index in [-0.39, 0.29) is 6.61 Å². The predicted octanol–water partition coefficient (Wildman–Crippen LogP) is 3.62. The Morgan fingerprint density at radius 1 is 1.30 bits per heavy atom. The molecule has 0 bridgehead atoms. The van der Waals surface area contributed by atoms with E-state index in [0.29, 0.717) is 5.25 Å². The molecule has 0 aliphatic rings. The van der Waals surface area contributed by atoms with Crippen molar-refractivity contribution in [3.63, 3.8) is 0 Å². The van der Waals surface area contributed by atoms with Gasteiger partial charge in [0.15, 0.2) is 5.16 Å². The van der Waals surface area contributed by atoms with Gasteiger partial charge in [-0.1, -0.05) is 55.4 Å². The summed E-state index contributed by atoms with van der Waals surface area (Å²) >= 11 is 1.77. The van der Waals surface area contributed by atoms with Gasteiger partial charge in [-0.2, -0.15) is 0 Å². The van der Waals surface area contributed by atoms with E-state index in [1.807, 2.05) is 6.20 Å². The molecule has 108 valence electrons. The number of nitrogens with zero attached hydrogens (tertiary/aromatic N) is 2. The number of imidazole rings is 1. The highest BCUT2D eigenvalue weighted by Crippen LogP contribution is 2.25. The quantitative estimate of drug-likeness (QED) is 0.826. The van der Waals surface area contributed by atoms with E-state index in [1.54, 1.807) is 11.8 Å². The molecule has 0 saturated carbocycles. The van der Waals surface area contributed by atoms with Gasteiger partial charge in [0.25, 0.3) is 0 Å². The topological polar surface area (TPSA) is 38.1 Å². The fourth-order valence-corrected chi connectivity index (χ4v) is 2.84. The Morgan fingerprint density at radius 2 is 2.00 bits per heavy atom. The molecule has 1 aromatic carbocycles. The summed E-state index contributed by atoms with van der Waals surface area (Å²) in [5, 5.41) is 10.8. The van der Waals surface area contributed by atoms with Crippen molar-refractivity contribution in [2.75, 3.05) is 0 Å². The average molecular weight is 290 g/mol. The number of hydrogen-bond acceptors (Lipinski definition) is 3. The molecule has 1 atom stereocenters. The summed E-state index contributed by atoms with van der Waals surface area (Å²) in [5.74, 6) is 0. The van der Waals surface area contributed by atoms with Crippen LogP contribution in [0.1, 0.15) is 37.1 Å². The van der Waals surface area contributed by atoms with E-state index in [0.717, 1.165) is 23.8 Å². The standard InChI is InChI=1S/C16H22N2OS/c1-4-13(3)20-16-17-15(11-19)10-18(16)9-14-7-5-12(2)6-8-14/h5-8,10,13,19H,4,9,11H2,1-3H3. The Balaban J connectivity index is 2.20. The van der Waals surface area contributed by atoms with E-state index in [2.05, 4.69) is 54.6 Å². The molecule has 0 aliphatic carbocycles. The number of aliphatic hydroxyl groups is 1. The minimum Gasteiger partial charge on any atom is -0.390 e. The first-order valence-corrected chi connectivity index (χ1v) is 7.89. The predicted molar refractivity (Wildman–Crippen MR) is 84.0 cm³/mol. The summed E-state index contributed by atoms with van der Waals surface area (Å²) in [6, 6.07) is 8.54. The zero-order valence-electron chi connectivity index (χ0n) is 12.3. The van der Waals surface area contributed by atoms with Crippen LogP contribution in [0.3, 0.4) is 0 Å². The Kier molecular flexibility index (Phi) is 5.26. The van der Waals surface area contributed by atoms with Crippen molar-refractivity contribution in [1.82, 2.24) is 9.55 Å². The van der Waals surface area contributed by atoms with Gasteiger partial charge in [-0.3, -0.25) is 0 Å². The largest absolute Gasteiger partial charge is 0.390 e. The van der Waals surface area contributed by atoms with E-state index in [4.69, 9.17) is 0 Å². The molecule has 0 fully saturated rings. The van der Waals surface area contributed by atoms with Gasteiger partial charge >= 0.3 is 0 Å². The zero-order chi connectivity index (χ0) is 14.5. The lowest BCUT2D eigenvalue weighted by molar-refractivity contribution is 0.277. The Labute approximate surface area is 125 Å². The second-order valence-corrected chi connectivity index (χ2v) is 6.53. The molecule has 4 heteroatoms. The van der Waals surface area contributed by atoms with Crippen LogP contribution in [-0.2, 0) is 13.2 Å². The van der Waals surface area contributed by atoms with Crippen LogP contribution in [0.15, 0.2) is 35.6 Å². The normalized spacial score (nSPS) is 12.6. The average Bonchev–Trinajstić information content (AvgIpc) is 2.83. The fourth-order valence-electron chi connectivity index (χ4n) is 1.89. The molecule has 0 spiro atoms. The minimum absolute atomic E-state index is 0.00500. The van der Waals surface area contributed by atoms with Crippen molar-refractivity contribution in [2.24, 2.45) is 0 Å². The molecule has 0 radical (unpaired) electrons. The fraction of sp³-hybridized carbons (Fsp3) is 0.438. The number of thioether (sulfide) groups is 1. The molecular formula is C16H22N2OS. The summed E-state index contributed by atoms with van der Waals surface area (Å²) in [7, 11) is 0. The second kappa shape index (κ2) is 6.95. The van der Waals surface area contributed by atoms with Gasteiger partial charge in [0.05, 0.1) is 12.3 Å². The monoisotopic (exact) mass is 290 g/mol. The highest BCUT2D eigenvalue weighted by Gasteiger charge is 2.11. The van der Waals surface area contributed by atoms with Crippen molar-refractivity contribution >= 4 is 11.8 Å². The van der Waals surface area contributed by atoms with Crippen molar-refractivity contribution in [2.45, 2.75) is 50.8 Å². The minimum atomic E-state index is -0.00500. The summed E-state index contributed by atoms with van der Waals surface area (Å²) in [6.45, 7) is 7.27. The SMILES string of the molecule is CCC(C)Sc1nc(CO)cn1Cc1ccc(C)cc1. The number of aliphatic hydroxyl groups excluding tert-OH is 1. The number of aromatic nitrogens is 2. The van der Waals surface area contributed by atoms with Gasteiger partial charge in [-0.15, -0.1) is 0 Å². The highest BCUT2D eigenvalue weighted by atomic mass is 32.2. The number of aryl methyl sites for hydroxylation is 1. The molecule has 1 aromatic heterocycles. The lowest BCUT2D eigenvalue weighted by atomic mass is 10.1. The maximum Gasteiger partial charge on any atom is 0.168 e. The molecule has 3 nitrogen and oxygen atoms in total. The van der Waals surface area contributed by atoms with Gasteiger partial charge in [-0.25, -0.2) is 4.98 Å². The van der Waals surface area contributed by atoms with Crippen molar-refractivity contribution in [3.05, 3.63) is 47.3 Å². The molecule has 0 aliphatic heterocycles. The van der Waals surface area contributed by atoms with Crippen LogP contribution in [0.5, 0.6) is 0 Å². The van der Waals surface area contributed by atoms with Crippen molar-refractivity contribution < 1.29 is 5.11 Å². The summed E-state index contributed by atoms with van der Waals surface area (Å²) < 4.78 is 2.13. The molecule has 1 N–H and O–H groups in total. The maximum absolute atomic E-state index is 9.28. The molecular weight excluding hydrogens is 268 g/mol. The molecule has 2 aromatic rings. The van der Waals surface area contributed by atoms with Crippen LogP contribution in [0.25, 0.3) is 0 Å². The lowest BCUT2D eigenvalue weighted by Gasteiger charge is -2.11. The third kappa shape index (κ3) is 3.87. The molecule has 1 unspecified atom stereocenters. The van der Waals surface area contributed by atoms with E-state index >= 15 is 0 Å². The molecule has 1 heterocycles. The van der Waals surface area contributed by atoms with Gasteiger partial charge in [0.1, 0.15) is 0 Å². The van der Waals surface area contributed by atoms with Gasteiger partial charge in [0.2, 0.25) is 0 Å². The summed E-state index contributed by atoms with van der Waals surface area (Å²) in [5.41, 5.74) is 3.26. The van der Waals surface area contributed by atoms with Gasteiger partial charge in [-0.05, 0) is 18.9 Å². The Hall–Kier alpha value is -1.26. The molecule has 0 amide bonds. The van der Waals surface area contributed by atoms with E-state index in [9.17, 15) is 5.11 Å². The maximum atomic E-state index is 9.28. The third-order valence-electron chi connectivity index (χ3n) is 3.31. The van der Waals surface area contributed by atoms with E-state index in [1.165, 1.54) is 11.1 Å². The smallest absolute Gasteiger partial charge is 0.168 e. The first-order chi connectivity index (χ1) is 9.62. The van der Waals surface area contributed by atoms with Crippen LogP contribution in [-0.4, -0.2) is 19.9 Å². The summed E-state index contributed by atoms with van der Waals surface area (Å²) in [6.07, 6.45) is 3.06. The van der Waals surface area contributed by atoms with Gasteiger partial charge < -0.3 is 9.67 Å². The van der Waals surface area contributed by atoms with E-state index < -0.39 is 0 Å². The Morgan fingerprint density at radius 3 is 2.60 bits per heavy atom. The lowest BCUT2D eigenvalue weighted by Crippen LogP contribution is -2.03. The van der Waals surface area contributed by atoms with Crippen LogP contribution in [0, 0.1) is 6.92 Å². The Bertz CT molecular complexity index is 548. The van der Waals surface area contributed by atoms with Crippen molar-refractivity contribution in [3.8, 4) is 0 Å². The van der Waals surface area contributed by atoms with Crippen molar-refractivity contribution in [1.29, 1.82) is 0 Å². The molecule has 20 heavy (non-hydrogen) atoms. The molecule has 2 rings (SSSR count). The summed E-state index contributed by atoms with van der Waals surface area (Å²) in [4.78, 5) is 4.51. The van der Waals surface area contributed by atoms with Crippen LogP contribution in [0.2, 0.25) is 0 Å². The molecule has 0 saturated heterocycles. The van der Waals surface area contributed by atoms with Crippen LogP contribution < -0.4 is 0 Å². The third-order valence-corrected chi connectivity index (χ3v) is 4.58. The number of benzene rings is 1. The van der Waals surface area contributed by atoms with Crippen LogP contribution in [0.4, 0.5) is 0 Å². The number of hydrogen-bond donors (Lipinski definition) is 1. The van der Waals surface area contributed by atoms with Crippen LogP contribution >= 0.6 is 11.8 Å². The first-order valence-electron chi connectivity index (χ1n) is 7.01. The second-order valence-electron chi connectivity index (χ2n) is 5.12.